The summed E-state index contributed by atoms with van der Waals surface area (Å²) < 4.78 is 24.9. The largest absolute Gasteiger partial charge is 0.494 e. The smallest absolute Gasteiger partial charge is 0.120 e. The van der Waals surface area contributed by atoms with Crippen molar-refractivity contribution in [2.75, 3.05) is 26.4 Å². The average Bonchev–Trinajstić information content (AvgIpc) is 3.57. The Morgan fingerprint density at radius 1 is 0.346 bits per heavy atom. The van der Waals surface area contributed by atoms with Gasteiger partial charge in [0.25, 0.3) is 0 Å². The highest BCUT2D eigenvalue weighted by molar-refractivity contribution is 6.27. The van der Waals surface area contributed by atoms with Crippen LogP contribution >= 0.6 is 0 Å². The molecule has 0 amide bonds. The van der Waals surface area contributed by atoms with E-state index >= 15 is 0 Å². The Morgan fingerprint density at radius 2 is 0.577 bits per heavy atom. The molecule has 0 unspecified atom stereocenters. The van der Waals surface area contributed by atoms with E-state index in [0.717, 1.165) is 105 Å². The predicted octanol–water partition coefficient (Wildman–Crippen LogP) is 11.6. The Morgan fingerprint density at radius 3 is 0.788 bits per heavy atom. The second kappa shape index (κ2) is 16.8. The standard InChI is InChI=1S/C46H56N2O4/c1-29(2)17-21-49-33-9-13-37-38-14-10-34(50-22-18-30(3)4)26-42(38)45(41(37)25-33)47-48-46-43-27-35(51-23-19-31(5)6)11-15-39(43)40-16-12-36(28-44(40)46)52-24-20-32(7)8/h9-16,25-32H,17-24H2,1-8H3. The van der Waals surface area contributed by atoms with Crippen molar-refractivity contribution in [1.82, 2.24) is 0 Å². The zero-order valence-corrected chi connectivity index (χ0v) is 32.4. The van der Waals surface area contributed by atoms with Crippen LogP contribution in [0.2, 0.25) is 0 Å². The highest BCUT2D eigenvalue weighted by Crippen LogP contribution is 2.43. The van der Waals surface area contributed by atoms with Crippen LogP contribution in [0.15, 0.2) is 83.0 Å². The molecule has 0 aliphatic heterocycles. The molecule has 274 valence electrons. The molecule has 2 aliphatic carbocycles. The zero-order chi connectivity index (χ0) is 36.8. The first-order valence-electron chi connectivity index (χ1n) is 19.3. The van der Waals surface area contributed by atoms with Crippen molar-refractivity contribution in [2.24, 2.45) is 33.9 Å². The van der Waals surface area contributed by atoms with Gasteiger partial charge in [-0.2, -0.15) is 0 Å². The molecule has 0 heterocycles. The van der Waals surface area contributed by atoms with E-state index in [1.807, 2.05) is 0 Å². The van der Waals surface area contributed by atoms with Crippen molar-refractivity contribution < 1.29 is 18.9 Å². The van der Waals surface area contributed by atoms with Crippen molar-refractivity contribution >= 4 is 11.4 Å². The summed E-state index contributed by atoms with van der Waals surface area (Å²) in [5.74, 6) is 5.63. The zero-order valence-electron chi connectivity index (χ0n) is 32.4. The normalized spacial score (nSPS) is 12.7. The Balaban J connectivity index is 1.43. The topological polar surface area (TPSA) is 61.6 Å². The molecule has 6 heteroatoms. The molecule has 2 aliphatic rings. The lowest BCUT2D eigenvalue weighted by molar-refractivity contribution is 0.289. The molecular formula is C46H56N2O4. The molecule has 0 fully saturated rings. The van der Waals surface area contributed by atoms with Gasteiger partial charge < -0.3 is 18.9 Å². The fourth-order valence-electron chi connectivity index (χ4n) is 6.43. The predicted molar refractivity (Wildman–Crippen MR) is 215 cm³/mol. The Kier molecular flexibility index (Phi) is 12.0. The van der Waals surface area contributed by atoms with Crippen molar-refractivity contribution in [3.63, 3.8) is 0 Å². The van der Waals surface area contributed by atoms with Gasteiger partial charge in [0.2, 0.25) is 0 Å². The van der Waals surface area contributed by atoms with Gasteiger partial charge in [0, 0.05) is 22.3 Å². The summed E-state index contributed by atoms with van der Waals surface area (Å²) in [5.41, 5.74) is 10.1. The van der Waals surface area contributed by atoms with E-state index in [-0.39, 0.29) is 0 Å². The van der Waals surface area contributed by atoms with Crippen molar-refractivity contribution in [3.8, 4) is 45.3 Å². The Hall–Kier alpha value is -4.58. The monoisotopic (exact) mass is 700 g/mol. The van der Waals surface area contributed by atoms with Crippen LogP contribution in [0.3, 0.4) is 0 Å². The SMILES string of the molecule is CC(C)CCOc1ccc2c(c1)C(=NN=C1c3cc(OCCC(C)C)ccc3-c3ccc(OCCC(C)C)cc31)c1cc(OCCC(C)C)ccc1-2. The number of fused-ring (bicyclic) bond motifs is 6. The molecular weight excluding hydrogens is 645 g/mol. The molecule has 6 rings (SSSR count). The van der Waals surface area contributed by atoms with Crippen LogP contribution < -0.4 is 18.9 Å². The molecule has 6 nitrogen and oxygen atoms in total. The van der Waals surface area contributed by atoms with Crippen LogP contribution in [0.1, 0.15) is 103 Å². The molecule has 0 saturated heterocycles. The molecule has 0 saturated carbocycles. The molecule has 0 bridgehead atoms. The number of hydrogen-bond donors (Lipinski definition) is 0. The number of hydrogen-bond acceptors (Lipinski definition) is 6. The van der Waals surface area contributed by atoms with Crippen LogP contribution in [0.5, 0.6) is 23.0 Å². The van der Waals surface area contributed by atoms with Gasteiger partial charge in [0.15, 0.2) is 0 Å². The van der Waals surface area contributed by atoms with E-state index in [0.29, 0.717) is 50.1 Å². The second-order valence-electron chi connectivity index (χ2n) is 15.9. The van der Waals surface area contributed by atoms with Crippen LogP contribution in [0, 0.1) is 23.7 Å². The van der Waals surface area contributed by atoms with Gasteiger partial charge in [-0.05, 0) is 144 Å². The van der Waals surface area contributed by atoms with Gasteiger partial charge >= 0.3 is 0 Å². The lowest BCUT2D eigenvalue weighted by Gasteiger charge is -2.10. The minimum Gasteiger partial charge on any atom is -0.494 e. The number of rotatable bonds is 17. The van der Waals surface area contributed by atoms with E-state index in [1.54, 1.807) is 0 Å². The van der Waals surface area contributed by atoms with Gasteiger partial charge in [-0.3, -0.25) is 0 Å². The summed E-state index contributed by atoms with van der Waals surface area (Å²) >= 11 is 0. The summed E-state index contributed by atoms with van der Waals surface area (Å²) in [5, 5.41) is 10.3. The second-order valence-corrected chi connectivity index (χ2v) is 15.9. The highest BCUT2D eigenvalue weighted by atomic mass is 16.5. The van der Waals surface area contributed by atoms with Crippen molar-refractivity contribution in [1.29, 1.82) is 0 Å². The first-order valence-corrected chi connectivity index (χ1v) is 19.3. The molecule has 4 aromatic rings. The van der Waals surface area contributed by atoms with Gasteiger partial charge in [0.1, 0.15) is 34.4 Å². The maximum atomic E-state index is 6.24. The molecule has 0 spiro atoms. The maximum absolute atomic E-state index is 6.24. The fraction of sp³-hybridized carbons (Fsp3) is 0.435. The van der Waals surface area contributed by atoms with E-state index in [1.165, 1.54) is 0 Å². The third kappa shape index (κ3) is 8.89. The molecule has 0 N–H and O–H groups in total. The summed E-state index contributed by atoms with van der Waals surface area (Å²) in [7, 11) is 0. The van der Waals surface area contributed by atoms with Gasteiger partial charge in [-0.25, -0.2) is 0 Å². The fourth-order valence-corrected chi connectivity index (χ4v) is 6.43. The van der Waals surface area contributed by atoms with E-state index < -0.39 is 0 Å². The van der Waals surface area contributed by atoms with Crippen molar-refractivity contribution in [3.05, 3.63) is 95.1 Å². The third-order valence-corrected chi connectivity index (χ3v) is 9.67. The van der Waals surface area contributed by atoms with Crippen LogP contribution in [-0.2, 0) is 0 Å². The quantitative estimate of drug-likeness (QED) is 0.0889. The van der Waals surface area contributed by atoms with Crippen LogP contribution in [0.4, 0.5) is 0 Å². The molecule has 4 aromatic carbocycles. The summed E-state index contributed by atoms with van der Waals surface area (Å²) in [6.07, 6.45) is 3.98. The molecule has 52 heavy (non-hydrogen) atoms. The number of nitrogens with zero attached hydrogens (tertiary/aromatic N) is 2. The third-order valence-electron chi connectivity index (χ3n) is 9.67. The minimum atomic E-state index is 0.570. The summed E-state index contributed by atoms with van der Waals surface area (Å²) in [6.45, 7) is 20.4. The van der Waals surface area contributed by atoms with E-state index in [4.69, 9.17) is 29.2 Å². The highest BCUT2D eigenvalue weighted by Gasteiger charge is 2.29. The Labute approximate surface area is 311 Å². The Bertz CT molecular complexity index is 1650. The van der Waals surface area contributed by atoms with Gasteiger partial charge in [-0.1, -0.05) is 55.4 Å². The summed E-state index contributed by atoms with van der Waals surface area (Å²) in [6, 6.07) is 25.3. The first kappa shape index (κ1) is 37.2. The van der Waals surface area contributed by atoms with Gasteiger partial charge in [0.05, 0.1) is 26.4 Å². The molecule has 0 atom stereocenters. The van der Waals surface area contributed by atoms with Gasteiger partial charge in [-0.15, -0.1) is 10.2 Å². The first-order chi connectivity index (χ1) is 25.1. The average molecular weight is 701 g/mol. The number of ether oxygens (including phenoxy) is 4. The van der Waals surface area contributed by atoms with Crippen molar-refractivity contribution in [2.45, 2.75) is 81.1 Å². The summed E-state index contributed by atoms with van der Waals surface area (Å²) in [4.78, 5) is 0. The van der Waals surface area contributed by atoms with E-state index in [2.05, 4.69) is 128 Å². The van der Waals surface area contributed by atoms with Crippen LogP contribution in [-0.4, -0.2) is 37.9 Å². The number of benzene rings is 4. The van der Waals surface area contributed by atoms with Crippen LogP contribution in [0.25, 0.3) is 22.3 Å². The molecule has 0 aromatic heterocycles. The lowest BCUT2D eigenvalue weighted by atomic mass is 10.1. The minimum absolute atomic E-state index is 0.570. The molecule has 0 radical (unpaired) electrons. The maximum Gasteiger partial charge on any atom is 0.120 e. The lowest BCUT2D eigenvalue weighted by Crippen LogP contribution is -2.05. The van der Waals surface area contributed by atoms with E-state index in [9.17, 15) is 0 Å².